The van der Waals surface area contributed by atoms with Crippen molar-refractivity contribution in [1.82, 2.24) is 0 Å². The number of rotatable bonds is 6. The number of carbonyl (C=O) groups excluding carboxylic acids is 2. The highest BCUT2D eigenvalue weighted by Gasteiger charge is 2.51. The SMILES string of the molecule is COc1c([C@@H](O)CC(C)C)ccc2c1C(=O)OCc1c(Cl)c(C)c(Br)c(OC(=O)[C@]3(C)C[C@H]4C=C[C@@H]3C4)c1O2. The summed E-state index contributed by atoms with van der Waals surface area (Å²) in [5.41, 5.74) is 0.856. The highest BCUT2D eigenvalue weighted by molar-refractivity contribution is 9.10. The van der Waals surface area contributed by atoms with Crippen LogP contribution in [0.3, 0.4) is 0 Å². The Morgan fingerprint density at radius 3 is 2.64 bits per heavy atom. The molecule has 1 aliphatic heterocycles. The Morgan fingerprint density at radius 1 is 1.28 bits per heavy atom. The molecule has 1 heterocycles. The van der Waals surface area contributed by atoms with E-state index in [1.54, 1.807) is 19.1 Å². The van der Waals surface area contributed by atoms with E-state index in [-0.39, 0.29) is 53.0 Å². The predicted octanol–water partition coefficient (Wildman–Crippen LogP) is 7.47. The monoisotopic (exact) mass is 618 g/mol. The van der Waals surface area contributed by atoms with Crippen LogP contribution in [-0.2, 0) is 16.1 Å². The fourth-order valence-electron chi connectivity index (χ4n) is 5.93. The van der Waals surface area contributed by atoms with Gasteiger partial charge in [0.2, 0.25) is 0 Å². The molecule has 2 bridgehead atoms. The number of hydrogen-bond donors (Lipinski definition) is 1. The van der Waals surface area contributed by atoms with E-state index in [1.165, 1.54) is 7.11 Å². The lowest BCUT2D eigenvalue weighted by Crippen LogP contribution is -2.35. The maximum Gasteiger partial charge on any atom is 0.346 e. The molecular formula is C30H32BrClO7. The molecule has 0 amide bonds. The Kier molecular flexibility index (Phi) is 7.50. The highest BCUT2D eigenvalue weighted by Crippen LogP contribution is 2.55. The second-order valence-corrected chi connectivity index (χ2v) is 12.4. The summed E-state index contributed by atoms with van der Waals surface area (Å²) in [7, 11) is 1.43. The van der Waals surface area contributed by atoms with Gasteiger partial charge in [-0.15, -0.1) is 0 Å². The smallest absolute Gasteiger partial charge is 0.346 e. The maximum absolute atomic E-state index is 13.6. The van der Waals surface area contributed by atoms with Crippen molar-refractivity contribution in [2.24, 2.45) is 23.2 Å². The largest absolute Gasteiger partial charge is 0.495 e. The molecule has 7 nitrogen and oxygen atoms in total. The molecule has 0 saturated heterocycles. The summed E-state index contributed by atoms with van der Waals surface area (Å²) in [6, 6.07) is 3.25. The van der Waals surface area contributed by atoms with Gasteiger partial charge in [0.05, 0.1) is 33.7 Å². The average Bonchev–Trinajstić information content (AvgIpc) is 3.48. The third-order valence-electron chi connectivity index (χ3n) is 8.11. The molecule has 2 aromatic carbocycles. The van der Waals surface area contributed by atoms with E-state index in [9.17, 15) is 14.7 Å². The standard InChI is InChI=1S/C30H32BrClO7/c1-14(2)10-20(33)18-8-9-21-22(25(18)36-5)28(34)37-13-19-24(32)15(3)23(31)27(26(19)38-21)39-29(35)30(4)12-16-6-7-17(30)11-16/h6-9,14,16-17,20,33H,10-13H2,1-5H3/t16-,17+,20-,30+/m0/s1. The van der Waals surface area contributed by atoms with Crippen molar-refractivity contribution in [3.63, 3.8) is 0 Å². The minimum absolute atomic E-state index is 0.0405. The molecule has 4 atom stereocenters. The molecule has 1 N–H and O–H groups in total. The number of fused-ring (bicyclic) bond motifs is 4. The van der Waals surface area contributed by atoms with Crippen molar-refractivity contribution in [3.05, 3.63) is 56.0 Å². The number of esters is 2. The number of hydrogen-bond acceptors (Lipinski definition) is 7. The molecule has 1 fully saturated rings. The number of carbonyl (C=O) groups is 2. The van der Waals surface area contributed by atoms with Crippen LogP contribution in [0, 0.1) is 30.1 Å². The van der Waals surface area contributed by atoms with Gasteiger partial charge in [0.25, 0.3) is 0 Å². The molecule has 5 rings (SSSR count). The second-order valence-electron chi connectivity index (χ2n) is 11.3. The van der Waals surface area contributed by atoms with Gasteiger partial charge < -0.3 is 24.1 Å². The summed E-state index contributed by atoms with van der Waals surface area (Å²) in [5, 5.41) is 11.2. The third kappa shape index (κ3) is 4.74. The van der Waals surface area contributed by atoms with Crippen molar-refractivity contribution >= 4 is 39.5 Å². The van der Waals surface area contributed by atoms with Gasteiger partial charge in [0, 0.05) is 5.56 Å². The molecule has 9 heteroatoms. The van der Waals surface area contributed by atoms with Crippen LogP contribution in [-0.4, -0.2) is 24.2 Å². The summed E-state index contributed by atoms with van der Waals surface area (Å²) in [6.45, 7) is 7.51. The zero-order valence-corrected chi connectivity index (χ0v) is 24.9. The molecular weight excluding hydrogens is 588 g/mol. The zero-order valence-electron chi connectivity index (χ0n) is 22.6. The number of aliphatic hydroxyl groups is 1. The second kappa shape index (κ2) is 10.5. The van der Waals surface area contributed by atoms with Gasteiger partial charge in [-0.2, -0.15) is 0 Å². The normalized spacial score (nSPS) is 23.9. The van der Waals surface area contributed by atoms with Crippen LogP contribution in [0.25, 0.3) is 0 Å². The van der Waals surface area contributed by atoms with Gasteiger partial charge in [0.1, 0.15) is 23.7 Å². The molecule has 39 heavy (non-hydrogen) atoms. The van der Waals surface area contributed by atoms with Crippen molar-refractivity contribution < 1.29 is 33.6 Å². The van der Waals surface area contributed by atoms with Gasteiger partial charge in [-0.1, -0.05) is 37.6 Å². The van der Waals surface area contributed by atoms with Gasteiger partial charge in [0.15, 0.2) is 11.5 Å². The quantitative estimate of drug-likeness (QED) is 0.204. The lowest BCUT2D eigenvalue weighted by atomic mass is 9.78. The van der Waals surface area contributed by atoms with Crippen molar-refractivity contribution in [3.8, 4) is 23.0 Å². The molecule has 0 spiro atoms. The Hall–Kier alpha value is -2.55. The van der Waals surface area contributed by atoms with Gasteiger partial charge >= 0.3 is 11.9 Å². The molecule has 208 valence electrons. The Morgan fingerprint density at radius 2 is 2.03 bits per heavy atom. The molecule has 2 aromatic rings. The molecule has 0 aromatic heterocycles. The summed E-state index contributed by atoms with van der Waals surface area (Å²) >= 11 is 10.3. The Labute approximate surface area is 241 Å². The summed E-state index contributed by atoms with van der Waals surface area (Å²) in [4.78, 5) is 26.9. The van der Waals surface area contributed by atoms with Crippen molar-refractivity contribution in [2.75, 3.05) is 7.11 Å². The predicted molar refractivity (Wildman–Crippen MR) is 150 cm³/mol. The Balaban J connectivity index is 1.61. The van der Waals surface area contributed by atoms with E-state index in [0.29, 0.717) is 38.5 Å². The van der Waals surface area contributed by atoms with Crippen LogP contribution in [0.2, 0.25) is 5.02 Å². The van der Waals surface area contributed by atoms with Gasteiger partial charge in [-0.25, -0.2) is 4.79 Å². The number of allylic oxidation sites excluding steroid dienone is 2. The first-order valence-corrected chi connectivity index (χ1v) is 14.3. The number of ether oxygens (including phenoxy) is 4. The fourth-order valence-corrected chi connectivity index (χ4v) is 6.74. The van der Waals surface area contributed by atoms with Crippen LogP contribution in [0.4, 0.5) is 0 Å². The van der Waals surface area contributed by atoms with E-state index >= 15 is 0 Å². The van der Waals surface area contributed by atoms with E-state index in [0.717, 1.165) is 12.8 Å². The molecule has 1 saturated carbocycles. The van der Waals surface area contributed by atoms with Crippen LogP contribution >= 0.6 is 27.5 Å². The number of cyclic esters (lactones) is 1. The number of methoxy groups -OCH3 is 1. The minimum Gasteiger partial charge on any atom is -0.495 e. The zero-order chi connectivity index (χ0) is 28.2. The summed E-state index contributed by atoms with van der Waals surface area (Å²) in [6.07, 6.45) is 5.56. The Bertz CT molecular complexity index is 1380. The van der Waals surface area contributed by atoms with Crippen molar-refractivity contribution in [2.45, 2.75) is 59.7 Å². The fraction of sp³-hybridized carbons (Fsp3) is 0.467. The molecule has 0 radical (unpaired) electrons. The van der Waals surface area contributed by atoms with E-state index in [2.05, 4.69) is 28.1 Å². The van der Waals surface area contributed by atoms with Crippen LogP contribution in [0.1, 0.15) is 73.2 Å². The summed E-state index contributed by atoms with van der Waals surface area (Å²) in [5.74, 6) is 0.345. The van der Waals surface area contributed by atoms with Crippen molar-refractivity contribution in [1.29, 1.82) is 0 Å². The number of aliphatic hydroxyl groups excluding tert-OH is 1. The summed E-state index contributed by atoms with van der Waals surface area (Å²) < 4.78 is 24.2. The first kappa shape index (κ1) is 28.0. The van der Waals surface area contributed by atoms with E-state index in [1.807, 2.05) is 20.8 Å². The maximum atomic E-state index is 13.6. The minimum atomic E-state index is -0.852. The highest BCUT2D eigenvalue weighted by atomic mass is 79.9. The first-order chi connectivity index (χ1) is 18.5. The van der Waals surface area contributed by atoms with Crippen LogP contribution < -0.4 is 14.2 Å². The number of halogens is 2. The molecule has 3 aliphatic rings. The number of benzene rings is 2. The van der Waals surface area contributed by atoms with Crippen LogP contribution in [0.5, 0.6) is 23.0 Å². The van der Waals surface area contributed by atoms with Gasteiger partial charge in [-0.05, 0) is 84.5 Å². The van der Waals surface area contributed by atoms with E-state index < -0.39 is 17.5 Å². The van der Waals surface area contributed by atoms with E-state index in [4.69, 9.17) is 30.5 Å². The topological polar surface area (TPSA) is 91.3 Å². The molecule has 2 aliphatic carbocycles. The van der Waals surface area contributed by atoms with Gasteiger partial charge in [-0.3, -0.25) is 4.79 Å². The average molecular weight is 620 g/mol. The molecule has 0 unspecified atom stereocenters. The lowest BCUT2D eigenvalue weighted by molar-refractivity contribution is -0.146. The third-order valence-corrected chi connectivity index (χ3v) is 9.58. The van der Waals surface area contributed by atoms with Crippen LogP contribution in [0.15, 0.2) is 28.8 Å². The lowest BCUT2D eigenvalue weighted by Gasteiger charge is -2.30. The first-order valence-electron chi connectivity index (χ1n) is 13.1.